The van der Waals surface area contributed by atoms with E-state index in [0.29, 0.717) is 13.2 Å². The van der Waals surface area contributed by atoms with Crippen molar-refractivity contribution in [2.45, 2.75) is 17.7 Å². The van der Waals surface area contributed by atoms with Gasteiger partial charge in [0.05, 0.1) is 17.3 Å². The number of nitrogen functional groups attached to an aromatic ring is 1. The minimum absolute atomic E-state index is 0.0478. The molecule has 1 aliphatic heterocycles. The Kier molecular flexibility index (Phi) is 4.67. The molecule has 1 atom stereocenters. The molecule has 3 N–H and O–H groups in total. The van der Waals surface area contributed by atoms with Gasteiger partial charge in [-0.05, 0) is 30.9 Å². The van der Waals surface area contributed by atoms with Gasteiger partial charge in [0.2, 0.25) is 10.0 Å². The summed E-state index contributed by atoms with van der Waals surface area (Å²) < 4.78 is 32.3. The highest BCUT2D eigenvalue weighted by molar-refractivity contribution is 7.89. The molecule has 7 heteroatoms. The van der Waals surface area contributed by atoms with E-state index in [2.05, 4.69) is 4.72 Å². The van der Waals surface area contributed by atoms with Crippen LogP contribution in [0.3, 0.4) is 0 Å². The average Bonchev–Trinajstić information content (AvgIpc) is 2.37. The number of nitrogens with one attached hydrogen (secondary N) is 1. The zero-order valence-corrected chi connectivity index (χ0v) is 12.0. The predicted octanol–water partition coefficient (Wildman–Crippen LogP) is 1.63. The summed E-state index contributed by atoms with van der Waals surface area (Å²) >= 11 is 5.91. The Morgan fingerprint density at radius 2 is 2.26 bits per heavy atom. The Balaban J connectivity index is 2.09. The van der Waals surface area contributed by atoms with Crippen LogP contribution in [0.25, 0.3) is 0 Å². The molecule has 19 heavy (non-hydrogen) atoms. The van der Waals surface area contributed by atoms with Crippen molar-refractivity contribution in [3.8, 4) is 0 Å². The van der Waals surface area contributed by atoms with Crippen LogP contribution in [0, 0.1) is 5.92 Å². The number of anilines is 1. The Morgan fingerprint density at radius 3 is 2.89 bits per heavy atom. The summed E-state index contributed by atoms with van der Waals surface area (Å²) in [7, 11) is -3.68. The first-order valence-corrected chi connectivity index (χ1v) is 7.98. The van der Waals surface area contributed by atoms with Crippen LogP contribution >= 0.6 is 11.6 Å². The predicted molar refractivity (Wildman–Crippen MR) is 74.6 cm³/mol. The van der Waals surface area contributed by atoms with Crippen LogP contribution in [-0.2, 0) is 14.8 Å². The van der Waals surface area contributed by atoms with E-state index >= 15 is 0 Å². The Bertz CT molecular complexity index is 522. The molecule has 0 spiro atoms. The van der Waals surface area contributed by atoms with Crippen molar-refractivity contribution in [3.05, 3.63) is 23.2 Å². The van der Waals surface area contributed by atoms with Crippen LogP contribution in [0.1, 0.15) is 12.8 Å². The molecule has 0 amide bonds. The SMILES string of the molecule is Nc1cccc(Cl)c1S(=O)(=O)NCC1CCCOC1. The van der Waals surface area contributed by atoms with Gasteiger partial charge in [0, 0.05) is 13.2 Å². The number of nitrogens with two attached hydrogens (primary N) is 1. The molecule has 0 saturated carbocycles. The third-order valence-electron chi connectivity index (χ3n) is 3.08. The lowest BCUT2D eigenvalue weighted by molar-refractivity contribution is 0.0568. The number of sulfonamides is 1. The van der Waals surface area contributed by atoms with Crippen molar-refractivity contribution in [1.82, 2.24) is 4.72 Å². The fourth-order valence-electron chi connectivity index (χ4n) is 2.08. The van der Waals surface area contributed by atoms with Gasteiger partial charge in [0.15, 0.2) is 0 Å². The molecule has 106 valence electrons. The lowest BCUT2D eigenvalue weighted by atomic mass is 10.0. The van der Waals surface area contributed by atoms with Crippen molar-refractivity contribution in [3.63, 3.8) is 0 Å². The van der Waals surface area contributed by atoms with Crippen molar-refractivity contribution in [1.29, 1.82) is 0 Å². The van der Waals surface area contributed by atoms with E-state index in [4.69, 9.17) is 22.1 Å². The van der Waals surface area contributed by atoms with E-state index in [0.717, 1.165) is 19.4 Å². The number of benzene rings is 1. The third-order valence-corrected chi connectivity index (χ3v) is 5.05. The Hall–Kier alpha value is -0.820. The molecule has 1 saturated heterocycles. The van der Waals surface area contributed by atoms with Gasteiger partial charge in [0.1, 0.15) is 4.90 Å². The summed E-state index contributed by atoms with van der Waals surface area (Å²) in [4.78, 5) is -0.0478. The number of ether oxygens (including phenoxy) is 1. The van der Waals surface area contributed by atoms with Crippen molar-refractivity contribution < 1.29 is 13.2 Å². The first-order chi connectivity index (χ1) is 9.00. The van der Waals surface area contributed by atoms with Crippen molar-refractivity contribution in [2.75, 3.05) is 25.5 Å². The summed E-state index contributed by atoms with van der Waals surface area (Å²) in [5.41, 5.74) is 5.84. The highest BCUT2D eigenvalue weighted by atomic mass is 35.5. The second-order valence-electron chi connectivity index (χ2n) is 4.59. The van der Waals surface area contributed by atoms with Gasteiger partial charge >= 0.3 is 0 Å². The maximum atomic E-state index is 12.2. The zero-order chi connectivity index (χ0) is 13.9. The number of rotatable bonds is 4. The van der Waals surface area contributed by atoms with Crippen molar-refractivity contribution >= 4 is 27.3 Å². The molecule has 0 bridgehead atoms. The summed E-state index contributed by atoms with van der Waals surface area (Å²) in [5.74, 6) is 0.201. The summed E-state index contributed by atoms with van der Waals surface area (Å²) in [6.45, 7) is 1.67. The molecule has 2 rings (SSSR count). The summed E-state index contributed by atoms with van der Waals surface area (Å²) in [6, 6.07) is 4.64. The van der Waals surface area contributed by atoms with Crippen LogP contribution < -0.4 is 10.5 Å². The molecule has 1 aromatic carbocycles. The number of hydrogen-bond donors (Lipinski definition) is 2. The molecular weight excluding hydrogens is 288 g/mol. The third kappa shape index (κ3) is 3.60. The standard InChI is InChI=1S/C12H17ClN2O3S/c13-10-4-1-5-11(14)12(10)19(16,17)15-7-9-3-2-6-18-8-9/h1,4-5,9,15H,2-3,6-8,14H2. The lowest BCUT2D eigenvalue weighted by Crippen LogP contribution is -2.33. The molecule has 1 aromatic rings. The summed E-state index contributed by atoms with van der Waals surface area (Å²) in [5, 5.41) is 0.132. The van der Waals surface area contributed by atoms with Gasteiger partial charge in [-0.25, -0.2) is 13.1 Å². The fourth-order valence-corrected chi connectivity index (χ4v) is 3.87. The molecule has 5 nitrogen and oxygen atoms in total. The van der Waals surface area contributed by atoms with Gasteiger partial charge < -0.3 is 10.5 Å². The minimum atomic E-state index is -3.68. The van der Waals surface area contributed by atoms with Gasteiger partial charge in [0.25, 0.3) is 0 Å². The van der Waals surface area contributed by atoms with Gasteiger partial charge in [-0.2, -0.15) is 0 Å². The largest absolute Gasteiger partial charge is 0.398 e. The zero-order valence-electron chi connectivity index (χ0n) is 10.4. The second-order valence-corrected chi connectivity index (χ2v) is 6.70. The van der Waals surface area contributed by atoms with Crippen LogP contribution in [0.5, 0.6) is 0 Å². The molecule has 1 fully saturated rings. The molecule has 1 unspecified atom stereocenters. The van der Waals surface area contributed by atoms with E-state index in [9.17, 15) is 8.42 Å². The van der Waals surface area contributed by atoms with E-state index in [1.54, 1.807) is 6.07 Å². The quantitative estimate of drug-likeness (QED) is 0.828. The van der Waals surface area contributed by atoms with Gasteiger partial charge in [-0.3, -0.25) is 0 Å². The number of hydrogen-bond acceptors (Lipinski definition) is 4. The molecule has 0 radical (unpaired) electrons. The first-order valence-electron chi connectivity index (χ1n) is 6.12. The molecule has 0 aliphatic carbocycles. The minimum Gasteiger partial charge on any atom is -0.398 e. The van der Waals surface area contributed by atoms with Gasteiger partial charge in [-0.1, -0.05) is 17.7 Å². The normalized spacial score (nSPS) is 20.4. The van der Waals surface area contributed by atoms with Crippen LogP contribution in [0.4, 0.5) is 5.69 Å². The number of halogens is 1. The van der Waals surface area contributed by atoms with E-state index < -0.39 is 10.0 Å². The highest BCUT2D eigenvalue weighted by Gasteiger charge is 2.23. The van der Waals surface area contributed by atoms with E-state index in [1.807, 2.05) is 0 Å². The average molecular weight is 305 g/mol. The highest BCUT2D eigenvalue weighted by Crippen LogP contribution is 2.27. The maximum Gasteiger partial charge on any atom is 0.244 e. The molecule has 0 aromatic heterocycles. The summed E-state index contributed by atoms with van der Waals surface area (Å²) in [6.07, 6.45) is 1.92. The molecule has 1 aliphatic rings. The van der Waals surface area contributed by atoms with Crippen LogP contribution in [0.2, 0.25) is 5.02 Å². The lowest BCUT2D eigenvalue weighted by Gasteiger charge is -2.22. The second kappa shape index (κ2) is 6.09. The van der Waals surface area contributed by atoms with E-state index in [1.165, 1.54) is 12.1 Å². The van der Waals surface area contributed by atoms with Crippen LogP contribution in [0.15, 0.2) is 23.1 Å². The van der Waals surface area contributed by atoms with E-state index in [-0.39, 0.29) is 21.5 Å². The smallest absolute Gasteiger partial charge is 0.244 e. The fraction of sp³-hybridized carbons (Fsp3) is 0.500. The molecule has 1 heterocycles. The Labute approximate surface area is 118 Å². The van der Waals surface area contributed by atoms with Gasteiger partial charge in [-0.15, -0.1) is 0 Å². The first kappa shape index (κ1) is 14.6. The monoisotopic (exact) mass is 304 g/mol. The van der Waals surface area contributed by atoms with Crippen LogP contribution in [-0.4, -0.2) is 28.2 Å². The molecular formula is C12H17ClN2O3S. The van der Waals surface area contributed by atoms with Crippen molar-refractivity contribution in [2.24, 2.45) is 5.92 Å². The topological polar surface area (TPSA) is 81.4 Å². The Morgan fingerprint density at radius 1 is 1.47 bits per heavy atom. The maximum absolute atomic E-state index is 12.2.